The summed E-state index contributed by atoms with van der Waals surface area (Å²) in [6, 6.07) is 8.92. The Kier molecular flexibility index (Phi) is 6.68. The normalized spacial score (nSPS) is 10.1. The molecule has 138 valence electrons. The van der Waals surface area contributed by atoms with Crippen LogP contribution in [0.3, 0.4) is 0 Å². The van der Waals surface area contributed by atoms with Crippen molar-refractivity contribution in [3.05, 3.63) is 41.4 Å². The Morgan fingerprint density at radius 3 is 2.31 bits per heavy atom. The lowest BCUT2D eigenvalue weighted by Crippen LogP contribution is -2.29. The number of carbonyl (C=O) groups excluding carboxylic acids is 2. The third-order valence-corrected chi connectivity index (χ3v) is 3.45. The summed E-state index contributed by atoms with van der Waals surface area (Å²) < 4.78 is 10.9. The Hall–Kier alpha value is -2.93. The molecule has 0 aliphatic carbocycles. The molecular weight excluding hydrogens is 360 g/mol. The van der Waals surface area contributed by atoms with Crippen molar-refractivity contribution in [3.63, 3.8) is 0 Å². The standard InChI is InChI=1S/C18H19ClN2O5/c1-3-25-15-8-6-12(10-16(15)26-4-2)20-17(23)18(24)21-13-9-11(19)5-7-14(13)22/h5-10,22H,3-4H2,1-2H3,(H,20,23)(H,21,24). The molecule has 7 nitrogen and oxygen atoms in total. The third-order valence-electron chi connectivity index (χ3n) is 3.21. The maximum Gasteiger partial charge on any atom is 0.314 e. The number of hydrogen-bond donors (Lipinski definition) is 3. The summed E-state index contributed by atoms with van der Waals surface area (Å²) >= 11 is 5.81. The van der Waals surface area contributed by atoms with Crippen LogP contribution in [0.1, 0.15) is 13.8 Å². The van der Waals surface area contributed by atoms with Crippen molar-refractivity contribution in [2.45, 2.75) is 13.8 Å². The molecule has 0 atom stereocenters. The van der Waals surface area contributed by atoms with Crippen molar-refractivity contribution in [2.75, 3.05) is 23.8 Å². The van der Waals surface area contributed by atoms with Gasteiger partial charge in [0.05, 0.1) is 18.9 Å². The van der Waals surface area contributed by atoms with E-state index in [9.17, 15) is 14.7 Å². The summed E-state index contributed by atoms with van der Waals surface area (Å²) in [5.41, 5.74) is 0.409. The summed E-state index contributed by atoms with van der Waals surface area (Å²) in [7, 11) is 0. The fourth-order valence-corrected chi connectivity index (χ4v) is 2.28. The molecule has 0 radical (unpaired) electrons. The molecule has 0 heterocycles. The summed E-state index contributed by atoms with van der Waals surface area (Å²) in [5, 5.41) is 14.8. The molecule has 3 N–H and O–H groups in total. The Labute approximate surface area is 155 Å². The number of anilines is 2. The molecule has 0 saturated carbocycles. The lowest BCUT2D eigenvalue weighted by atomic mass is 10.2. The highest BCUT2D eigenvalue weighted by Gasteiger charge is 2.17. The Morgan fingerprint density at radius 2 is 1.62 bits per heavy atom. The Balaban J connectivity index is 2.09. The van der Waals surface area contributed by atoms with Gasteiger partial charge in [0.2, 0.25) is 0 Å². The zero-order valence-corrected chi connectivity index (χ0v) is 15.1. The number of halogens is 1. The second-order valence-corrected chi connectivity index (χ2v) is 5.53. The zero-order valence-electron chi connectivity index (χ0n) is 14.3. The number of aromatic hydroxyl groups is 1. The number of phenols is 1. The average Bonchev–Trinajstić information content (AvgIpc) is 2.60. The molecule has 2 rings (SSSR count). The van der Waals surface area contributed by atoms with E-state index in [2.05, 4.69) is 10.6 Å². The van der Waals surface area contributed by atoms with E-state index in [0.717, 1.165) is 0 Å². The van der Waals surface area contributed by atoms with Crippen molar-refractivity contribution in [3.8, 4) is 17.2 Å². The predicted octanol–water partition coefficient (Wildman–Crippen LogP) is 3.42. The van der Waals surface area contributed by atoms with Crippen molar-refractivity contribution in [1.29, 1.82) is 0 Å². The van der Waals surface area contributed by atoms with Crippen LogP contribution in [0.2, 0.25) is 5.02 Å². The van der Waals surface area contributed by atoms with E-state index < -0.39 is 11.8 Å². The lowest BCUT2D eigenvalue weighted by molar-refractivity contribution is -0.133. The first-order valence-electron chi connectivity index (χ1n) is 7.95. The van der Waals surface area contributed by atoms with Crippen LogP contribution in [0, 0.1) is 0 Å². The third kappa shape index (κ3) is 5.03. The van der Waals surface area contributed by atoms with Gasteiger partial charge in [0.25, 0.3) is 0 Å². The fraction of sp³-hybridized carbons (Fsp3) is 0.222. The number of ether oxygens (including phenoxy) is 2. The molecule has 0 fully saturated rings. The van der Waals surface area contributed by atoms with Gasteiger partial charge in [-0.05, 0) is 44.2 Å². The minimum absolute atomic E-state index is 0.0411. The van der Waals surface area contributed by atoms with Crippen LogP contribution in [0.15, 0.2) is 36.4 Å². The van der Waals surface area contributed by atoms with Gasteiger partial charge in [-0.15, -0.1) is 0 Å². The van der Waals surface area contributed by atoms with E-state index in [0.29, 0.717) is 35.4 Å². The molecule has 0 unspecified atom stereocenters. The molecule has 0 saturated heterocycles. The van der Waals surface area contributed by atoms with Crippen molar-refractivity contribution in [1.82, 2.24) is 0 Å². The minimum Gasteiger partial charge on any atom is -0.506 e. The van der Waals surface area contributed by atoms with Gasteiger partial charge in [-0.1, -0.05) is 11.6 Å². The first kappa shape index (κ1) is 19.4. The van der Waals surface area contributed by atoms with Gasteiger partial charge >= 0.3 is 11.8 Å². The van der Waals surface area contributed by atoms with E-state index in [1.807, 2.05) is 13.8 Å². The maximum atomic E-state index is 12.1. The number of benzene rings is 2. The molecule has 0 aliphatic rings. The fourth-order valence-electron chi connectivity index (χ4n) is 2.10. The van der Waals surface area contributed by atoms with E-state index in [4.69, 9.17) is 21.1 Å². The van der Waals surface area contributed by atoms with Gasteiger partial charge in [0.15, 0.2) is 11.5 Å². The zero-order chi connectivity index (χ0) is 19.1. The second-order valence-electron chi connectivity index (χ2n) is 5.10. The maximum absolute atomic E-state index is 12.1. The number of carbonyl (C=O) groups is 2. The van der Waals surface area contributed by atoms with Crippen molar-refractivity contribution < 1.29 is 24.2 Å². The molecule has 0 aromatic heterocycles. The SMILES string of the molecule is CCOc1ccc(NC(=O)C(=O)Nc2cc(Cl)ccc2O)cc1OCC. The monoisotopic (exact) mass is 378 g/mol. The highest BCUT2D eigenvalue weighted by atomic mass is 35.5. The summed E-state index contributed by atoms with van der Waals surface area (Å²) in [6.45, 7) is 4.57. The minimum atomic E-state index is -0.950. The first-order chi connectivity index (χ1) is 12.4. The average molecular weight is 379 g/mol. The summed E-state index contributed by atoms with van der Waals surface area (Å²) in [5.74, 6) is -1.05. The molecule has 2 amide bonds. The van der Waals surface area contributed by atoms with Crippen LogP contribution in [0.5, 0.6) is 17.2 Å². The lowest BCUT2D eigenvalue weighted by Gasteiger charge is -2.13. The van der Waals surface area contributed by atoms with Crippen LogP contribution >= 0.6 is 11.6 Å². The Bertz CT molecular complexity index is 810. The highest BCUT2D eigenvalue weighted by Crippen LogP contribution is 2.31. The van der Waals surface area contributed by atoms with Crippen LogP contribution < -0.4 is 20.1 Å². The van der Waals surface area contributed by atoms with Crippen LogP contribution in [-0.2, 0) is 9.59 Å². The number of amides is 2. The molecule has 0 bridgehead atoms. The van der Waals surface area contributed by atoms with Gasteiger partial charge in [0, 0.05) is 16.8 Å². The predicted molar refractivity (Wildman–Crippen MR) is 99.2 cm³/mol. The topological polar surface area (TPSA) is 96.9 Å². The van der Waals surface area contributed by atoms with Crippen molar-refractivity contribution >= 4 is 34.8 Å². The van der Waals surface area contributed by atoms with Crippen LogP contribution in [-0.4, -0.2) is 30.1 Å². The van der Waals surface area contributed by atoms with E-state index in [-0.39, 0.29) is 11.4 Å². The second kappa shape index (κ2) is 8.96. The Morgan fingerprint density at radius 1 is 0.962 bits per heavy atom. The number of phenolic OH excluding ortho intramolecular Hbond substituents is 1. The van der Waals surface area contributed by atoms with Crippen molar-refractivity contribution in [2.24, 2.45) is 0 Å². The van der Waals surface area contributed by atoms with Gasteiger partial charge in [-0.25, -0.2) is 0 Å². The van der Waals surface area contributed by atoms with E-state index >= 15 is 0 Å². The van der Waals surface area contributed by atoms with Gasteiger partial charge in [0.1, 0.15) is 5.75 Å². The quantitative estimate of drug-likeness (QED) is 0.528. The molecule has 2 aromatic carbocycles. The molecule has 0 spiro atoms. The highest BCUT2D eigenvalue weighted by molar-refractivity contribution is 6.44. The van der Waals surface area contributed by atoms with Gasteiger partial charge in [-0.3, -0.25) is 9.59 Å². The molecular formula is C18H19ClN2O5. The van der Waals surface area contributed by atoms with Gasteiger partial charge in [-0.2, -0.15) is 0 Å². The largest absolute Gasteiger partial charge is 0.506 e. The van der Waals surface area contributed by atoms with Crippen LogP contribution in [0.4, 0.5) is 11.4 Å². The summed E-state index contributed by atoms with van der Waals surface area (Å²) in [4.78, 5) is 24.1. The smallest absolute Gasteiger partial charge is 0.314 e. The van der Waals surface area contributed by atoms with E-state index in [1.54, 1.807) is 18.2 Å². The summed E-state index contributed by atoms with van der Waals surface area (Å²) in [6.07, 6.45) is 0. The molecule has 2 aromatic rings. The number of rotatable bonds is 6. The molecule has 8 heteroatoms. The van der Waals surface area contributed by atoms with E-state index in [1.165, 1.54) is 18.2 Å². The molecule has 0 aliphatic heterocycles. The number of hydrogen-bond acceptors (Lipinski definition) is 5. The van der Waals surface area contributed by atoms with Gasteiger partial charge < -0.3 is 25.2 Å². The first-order valence-corrected chi connectivity index (χ1v) is 8.32. The van der Waals surface area contributed by atoms with Crippen LogP contribution in [0.25, 0.3) is 0 Å². The number of nitrogens with one attached hydrogen (secondary N) is 2. The molecule has 26 heavy (non-hydrogen) atoms.